The normalized spacial score (nSPS) is 10.9. The summed E-state index contributed by atoms with van der Waals surface area (Å²) in [4.78, 5) is 4.14. The highest BCUT2D eigenvalue weighted by atomic mass is 127. The van der Waals surface area contributed by atoms with Crippen LogP contribution in [0.3, 0.4) is 0 Å². The summed E-state index contributed by atoms with van der Waals surface area (Å²) < 4.78 is 45.8. The fourth-order valence-electron chi connectivity index (χ4n) is 2.71. The molecule has 7 nitrogen and oxygen atoms in total. The molecule has 0 unspecified atom stereocenters. The van der Waals surface area contributed by atoms with Crippen molar-refractivity contribution in [1.82, 2.24) is 10.6 Å². The van der Waals surface area contributed by atoms with Gasteiger partial charge in [-0.05, 0) is 24.3 Å². The molecule has 0 saturated heterocycles. The average Bonchev–Trinajstić information content (AvgIpc) is 2.74. The van der Waals surface area contributed by atoms with E-state index in [1.54, 1.807) is 46.6 Å². The minimum Gasteiger partial charge on any atom is -0.496 e. The summed E-state index contributed by atoms with van der Waals surface area (Å²) in [6.07, 6.45) is 0. The van der Waals surface area contributed by atoms with E-state index in [9.17, 15) is 8.78 Å². The molecule has 0 aliphatic rings. The Labute approximate surface area is 202 Å². The van der Waals surface area contributed by atoms with Gasteiger partial charge in [-0.15, -0.1) is 24.0 Å². The first-order valence-electron chi connectivity index (χ1n) is 8.88. The summed E-state index contributed by atoms with van der Waals surface area (Å²) in [7, 11) is 6.24. The average molecular weight is 572 g/mol. The molecule has 0 bridgehead atoms. The fourth-order valence-corrected chi connectivity index (χ4v) is 2.90. The van der Waals surface area contributed by atoms with Crippen molar-refractivity contribution in [3.8, 4) is 23.0 Å². The largest absolute Gasteiger partial charge is 0.496 e. The van der Waals surface area contributed by atoms with E-state index in [4.69, 9.17) is 25.8 Å². The van der Waals surface area contributed by atoms with Crippen LogP contribution in [0, 0.1) is 0 Å². The number of guanidine groups is 1. The number of benzene rings is 2. The minimum atomic E-state index is -2.93. The molecule has 0 atom stereocenters. The second kappa shape index (κ2) is 13.3. The van der Waals surface area contributed by atoms with E-state index < -0.39 is 6.61 Å². The molecule has 2 aromatic carbocycles. The van der Waals surface area contributed by atoms with Gasteiger partial charge in [0, 0.05) is 42.4 Å². The highest BCUT2D eigenvalue weighted by Gasteiger charge is 2.13. The van der Waals surface area contributed by atoms with E-state index in [1.165, 1.54) is 12.1 Å². The molecular formula is C20H25ClF2IN3O4. The molecule has 0 amide bonds. The Morgan fingerprint density at radius 1 is 0.903 bits per heavy atom. The van der Waals surface area contributed by atoms with Crippen molar-refractivity contribution >= 4 is 41.5 Å². The molecule has 172 valence electrons. The van der Waals surface area contributed by atoms with Crippen molar-refractivity contribution in [2.45, 2.75) is 19.7 Å². The molecule has 31 heavy (non-hydrogen) atoms. The SMILES string of the molecule is CN=C(NCc1cc(OC)c(OC)cc1OC)NCc1cc(Cl)ccc1OC(F)F.I. The Morgan fingerprint density at radius 2 is 1.45 bits per heavy atom. The van der Waals surface area contributed by atoms with Crippen LogP contribution in [-0.4, -0.2) is 40.9 Å². The highest BCUT2D eigenvalue weighted by Crippen LogP contribution is 2.34. The number of hydrogen-bond donors (Lipinski definition) is 2. The van der Waals surface area contributed by atoms with Crippen LogP contribution in [-0.2, 0) is 13.1 Å². The second-order valence-electron chi connectivity index (χ2n) is 5.93. The van der Waals surface area contributed by atoms with Crippen molar-refractivity contribution in [1.29, 1.82) is 0 Å². The summed E-state index contributed by atoms with van der Waals surface area (Å²) in [6, 6.07) is 7.96. The summed E-state index contributed by atoms with van der Waals surface area (Å²) >= 11 is 5.98. The van der Waals surface area contributed by atoms with Gasteiger partial charge >= 0.3 is 6.61 Å². The smallest absolute Gasteiger partial charge is 0.387 e. The van der Waals surface area contributed by atoms with E-state index in [0.717, 1.165) is 5.56 Å². The monoisotopic (exact) mass is 571 g/mol. The van der Waals surface area contributed by atoms with Gasteiger partial charge in [-0.1, -0.05) is 11.6 Å². The van der Waals surface area contributed by atoms with E-state index in [1.807, 2.05) is 0 Å². The molecule has 2 N–H and O–H groups in total. The highest BCUT2D eigenvalue weighted by molar-refractivity contribution is 14.0. The molecule has 0 aliphatic carbocycles. The Hall–Kier alpha value is -2.21. The zero-order valence-electron chi connectivity index (χ0n) is 17.5. The van der Waals surface area contributed by atoms with E-state index >= 15 is 0 Å². The number of hydrogen-bond acceptors (Lipinski definition) is 5. The molecule has 0 aliphatic heterocycles. The van der Waals surface area contributed by atoms with Gasteiger partial charge in [0.1, 0.15) is 11.5 Å². The maximum Gasteiger partial charge on any atom is 0.387 e. The first kappa shape index (κ1) is 26.8. The topological polar surface area (TPSA) is 73.3 Å². The standard InChI is InChI=1S/C20H24ClF2N3O4.HI/c1-24-20(25-10-12-7-14(21)5-6-15(12)30-19(22)23)26-11-13-8-17(28-3)18(29-4)9-16(13)27-2;/h5-9,19H,10-11H2,1-4H3,(H2,24,25,26);1H. The van der Waals surface area contributed by atoms with Crippen LogP contribution in [0.15, 0.2) is 35.3 Å². The number of nitrogens with one attached hydrogen (secondary N) is 2. The Bertz CT molecular complexity index is 888. The predicted molar refractivity (Wildman–Crippen MR) is 127 cm³/mol. The number of ether oxygens (including phenoxy) is 4. The van der Waals surface area contributed by atoms with Crippen LogP contribution >= 0.6 is 35.6 Å². The van der Waals surface area contributed by atoms with Crippen molar-refractivity contribution < 1.29 is 27.7 Å². The number of nitrogens with zero attached hydrogens (tertiary/aromatic N) is 1. The maximum absolute atomic E-state index is 12.6. The van der Waals surface area contributed by atoms with Gasteiger partial charge < -0.3 is 29.6 Å². The van der Waals surface area contributed by atoms with Crippen LogP contribution < -0.4 is 29.6 Å². The summed E-state index contributed by atoms with van der Waals surface area (Å²) in [5, 5.41) is 6.59. The molecular weight excluding hydrogens is 547 g/mol. The molecule has 0 spiro atoms. The van der Waals surface area contributed by atoms with Crippen LogP contribution in [0.4, 0.5) is 8.78 Å². The number of methoxy groups -OCH3 is 3. The number of alkyl halides is 2. The van der Waals surface area contributed by atoms with Crippen LogP contribution in [0.5, 0.6) is 23.0 Å². The molecule has 2 rings (SSSR count). The number of rotatable bonds is 9. The lowest BCUT2D eigenvalue weighted by Gasteiger charge is -2.17. The first-order chi connectivity index (χ1) is 14.4. The molecule has 0 saturated carbocycles. The van der Waals surface area contributed by atoms with E-state index in [2.05, 4.69) is 20.4 Å². The van der Waals surface area contributed by atoms with Gasteiger partial charge in [-0.25, -0.2) is 0 Å². The molecule has 11 heteroatoms. The lowest BCUT2D eigenvalue weighted by molar-refractivity contribution is -0.0504. The second-order valence-corrected chi connectivity index (χ2v) is 6.37. The molecule has 0 heterocycles. The summed E-state index contributed by atoms with van der Waals surface area (Å²) in [5.41, 5.74) is 1.28. The van der Waals surface area contributed by atoms with Gasteiger partial charge in [0.05, 0.1) is 21.3 Å². The zero-order chi connectivity index (χ0) is 22.1. The van der Waals surface area contributed by atoms with Crippen molar-refractivity contribution in [3.05, 3.63) is 46.5 Å². The minimum absolute atomic E-state index is 0. The molecule has 0 aromatic heterocycles. The van der Waals surface area contributed by atoms with Gasteiger partial charge in [0.25, 0.3) is 0 Å². The van der Waals surface area contributed by atoms with Gasteiger partial charge in [-0.2, -0.15) is 8.78 Å². The van der Waals surface area contributed by atoms with Crippen molar-refractivity contribution in [2.75, 3.05) is 28.4 Å². The fraction of sp³-hybridized carbons (Fsp3) is 0.350. The lowest BCUT2D eigenvalue weighted by atomic mass is 10.1. The Kier molecular flexibility index (Phi) is 11.5. The van der Waals surface area contributed by atoms with Gasteiger partial charge in [0.2, 0.25) is 0 Å². The third-order valence-corrected chi connectivity index (χ3v) is 4.38. The Morgan fingerprint density at radius 3 is 1.97 bits per heavy atom. The Balaban J connectivity index is 0.00000480. The van der Waals surface area contributed by atoms with Crippen LogP contribution in [0.25, 0.3) is 0 Å². The third kappa shape index (κ3) is 7.76. The molecule has 0 fully saturated rings. The third-order valence-electron chi connectivity index (χ3n) is 4.14. The predicted octanol–water partition coefficient (Wildman–Crippen LogP) is 4.45. The van der Waals surface area contributed by atoms with Crippen molar-refractivity contribution in [2.24, 2.45) is 4.99 Å². The number of aliphatic imine (C=N–C) groups is 1. The molecule has 2 aromatic rings. The van der Waals surface area contributed by atoms with Gasteiger partial charge in [0.15, 0.2) is 17.5 Å². The number of halogens is 4. The quantitative estimate of drug-likeness (QED) is 0.263. The summed E-state index contributed by atoms with van der Waals surface area (Å²) in [6.45, 7) is -2.40. The van der Waals surface area contributed by atoms with E-state index in [-0.39, 0.29) is 36.3 Å². The molecule has 0 radical (unpaired) electrons. The van der Waals surface area contributed by atoms with Gasteiger partial charge in [-0.3, -0.25) is 4.99 Å². The summed E-state index contributed by atoms with van der Waals surface area (Å²) in [5.74, 6) is 2.20. The van der Waals surface area contributed by atoms with Crippen molar-refractivity contribution in [3.63, 3.8) is 0 Å². The maximum atomic E-state index is 12.6. The van der Waals surface area contributed by atoms with E-state index in [0.29, 0.717) is 40.3 Å². The zero-order valence-corrected chi connectivity index (χ0v) is 20.6. The lowest BCUT2D eigenvalue weighted by Crippen LogP contribution is -2.36. The van der Waals surface area contributed by atoms with Crippen LogP contribution in [0.2, 0.25) is 5.02 Å². The first-order valence-corrected chi connectivity index (χ1v) is 9.26. The van der Waals surface area contributed by atoms with Crippen LogP contribution in [0.1, 0.15) is 11.1 Å².